The van der Waals surface area contributed by atoms with Crippen LogP contribution >= 0.6 is 0 Å². The molecule has 0 atom stereocenters. The number of hydroxylamine groups is 1. The molecule has 1 aliphatic rings. The smallest absolute Gasteiger partial charge is 0.274 e. The molecule has 2 amide bonds. The molecule has 0 aliphatic carbocycles. The van der Waals surface area contributed by atoms with E-state index in [2.05, 4.69) is 5.32 Å². The van der Waals surface area contributed by atoms with E-state index in [-0.39, 0.29) is 18.3 Å². The van der Waals surface area contributed by atoms with Crippen molar-refractivity contribution >= 4 is 11.8 Å². The molecule has 0 saturated heterocycles. The quantitative estimate of drug-likeness (QED) is 0.586. The van der Waals surface area contributed by atoms with Crippen LogP contribution in [0.3, 0.4) is 0 Å². The van der Waals surface area contributed by atoms with Gasteiger partial charge in [0, 0.05) is 17.7 Å². The molecular formula is C16H14N2O5. The molecular weight excluding hydrogens is 300 g/mol. The van der Waals surface area contributed by atoms with Crippen LogP contribution in [0.15, 0.2) is 42.5 Å². The lowest BCUT2D eigenvalue weighted by molar-refractivity contribution is 0.0706. The molecule has 0 spiro atoms. The lowest BCUT2D eigenvalue weighted by Gasteiger charge is -2.07. The topological polar surface area (TPSA) is 96.9 Å². The zero-order chi connectivity index (χ0) is 16.2. The summed E-state index contributed by atoms with van der Waals surface area (Å²) in [6, 6.07) is 11.4. The molecule has 0 bridgehead atoms. The number of hydrogen-bond acceptors (Lipinski definition) is 5. The van der Waals surface area contributed by atoms with Gasteiger partial charge in [-0.05, 0) is 42.0 Å². The van der Waals surface area contributed by atoms with Crippen LogP contribution in [0.25, 0.3) is 0 Å². The van der Waals surface area contributed by atoms with E-state index in [4.69, 9.17) is 14.7 Å². The standard InChI is InChI=1S/C16H14N2O5/c19-15(11-2-4-12(5-3-11)16(20)18-21)17-8-10-1-6-13-14(7-10)23-9-22-13/h1-7,21H,8-9H2,(H,17,19)(H,18,20). The van der Waals surface area contributed by atoms with Crippen LogP contribution in [-0.2, 0) is 6.54 Å². The van der Waals surface area contributed by atoms with Gasteiger partial charge in [-0.1, -0.05) is 6.07 Å². The highest BCUT2D eigenvalue weighted by atomic mass is 16.7. The summed E-state index contributed by atoms with van der Waals surface area (Å²) in [6.45, 7) is 0.549. The third kappa shape index (κ3) is 3.24. The molecule has 3 N–H and O–H groups in total. The second-order valence-electron chi connectivity index (χ2n) is 4.89. The largest absolute Gasteiger partial charge is 0.454 e. The maximum Gasteiger partial charge on any atom is 0.274 e. The number of amides is 2. The number of carbonyl (C=O) groups is 2. The lowest BCUT2D eigenvalue weighted by atomic mass is 10.1. The van der Waals surface area contributed by atoms with Gasteiger partial charge in [0.05, 0.1) is 0 Å². The molecule has 3 rings (SSSR count). The van der Waals surface area contributed by atoms with Gasteiger partial charge >= 0.3 is 0 Å². The van der Waals surface area contributed by atoms with Crippen molar-refractivity contribution in [3.05, 3.63) is 59.2 Å². The normalized spacial score (nSPS) is 11.9. The zero-order valence-electron chi connectivity index (χ0n) is 12.0. The predicted molar refractivity (Wildman–Crippen MR) is 79.4 cm³/mol. The lowest BCUT2D eigenvalue weighted by Crippen LogP contribution is -2.23. The molecule has 7 heteroatoms. The number of fused-ring (bicyclic) bond motifs is 1. The fraction of sp³-hybridized carbons (Fsp3) is 0.125. The van der Waals surface area contributed by atoms with Gasteiger partial charge < -0.3 is 14.8 Å². The van der Waals surface area contributed by atoms with Crippen LogP contribution in [0.4, 0.5) is 0 Å². The predicted octanol–water partition coefficient (Wildman–Crippen LogP) is 1.46. The molecule has 0 radical (unpaired) electrons. The van der Waals surface area contributed by atoms with Crippen molar-refractivity contribution in [3.8, 4) is 11.5 Å². The monoisotopic (exact) mass is 314 g/mol. The highest BCUT2D eigenvalue weighted by Crippen LogP contribution is 2.32. The van der Waals surface area contributed by atoms with Gasteiger partial charge in [-0.25, -0.2) is 5.48 Å². The van der Waals surface area contributed by atoms with E-state index in [1.807, 2.05) is 12.1 Å². The number of carbonyl (C=O) groups excluding carboxylic acids is 2. The second-order valence-corrected chi connectivity index (χ2v) is 4.89. The molecule has 0 fully saturated rings. The summed E-state index contributed by atoms with van der Waals surface area (Å²) >= 11 is 0. The Balaban J connectivity index is 1.62. The number of ether oxygens (including phenoxy) is 2. The summed E-state index contributed by atoms with van der Waals surface area (Å²) in [5, 5.41) is 11.3. The van der Waals surface area contributed by atoms with Crippen molar-refractivity contribution in [1.29, 1.82) is 0 Å². The minimum absolute atomic E-state index is 0.207. The summed E-state index contributed by atoms with van der Waals surface area (Å²) < 4.78 is 10.5. The average Bonchev–Trinajstić information content (AvgIpc) is 3.06. The number of benzene rings is 2. The number of hydrogen-bond donors (Lipinski definition) is 3. The van der Waals surface area contributed by atoms with E-state index in [1.165, 1.54) is 29.7 Å². The van der Waals surface area contributed by atoms with Crippen molar-refractivity contribution in [2.45, 2.75) is 6.54 Å². The average molecular weight is 314 g/mol. The van der Waals surface area contributed by atoms with Crippen LogP contribution in [0, 0.1) is 0 Å². The van der Waals surface area contributed by atoms with Crippen LogP contribution in [0.2, 0.25) is 0 Å². The zero-order valence-corrected chi connectivity index (χ0v) is 12.0. The Kier molecular flexibility index (Phi) is 4.11. The first kappa shape index (κ1) is 14.9. The summed E-state index contributed by atoms with van der Waals surface area (Å²) in [6.07, 6.45) is 0. The molecule has 1 heterocycles. The first-order valence-corrected chi connectivity index (χ1v) is 6.88. The third-order valence-corrected chi connectivity index (χ3v) is 3.40. The Labute approximate surface area is 131 Å². The molecule has 23 heavy (non-hydrogen) atoms. The van der Waals surface area contributed by atoms with Gasteiger partial charge in [0.2, 0.25) is 6.79 Å². The molecule has 0 aromatic heterocycles. The summed E-state index contributed by atoms with van der Waals surface area (Å²) in [7, 11) is 0. The van der Waals surface area contributed by atoms with Gasteiger partial charge in [0.1, 0.15) is 0 Å². The van der Waals surface area contributed by atoms with Crippen LogP contribution in [-0.4, -0.2) is 23.8 Å². The van der Waals surface area contributed by atoms with E-state index in [1.54, 1.807) is 6.07 Å². The Morgan fingerprint density at radius 1 is 0.957 bits per heavy atom. The van der Waals surface area contributed by atoms with Gasteiger partial charge in [-0.3, -0.25) is 14.8 Å². The van der Waals surface area contributed by atoms with Gasteiger partial charge in [-0.15, -0.1) is 0 Å². The Morgan fingerprint density at radius 3 is 2.30 bits per heavy atom. The molecule has 1 aliphatic heterocycles. The summed E-state index contributed by atoms with van der Waals surface area (Å²) in [5.74, 6) is 0.463. The van der Waals surface area contributed by atoms with Crippen molar-refractivity contribution in [2.75, 3.05) is 6.79 Å². The van der Waals surface area contributed by atoms with E-state index in [0.717, 1.165) is 5.56 Å². The number of rotatable bonds is 4. The minimum atomic E-state index is -0.627. The second kappa shape index (κ2) is 6.37. The van der Waals surface area contributed by atoms with Gasteiger partial charge in [0.25, 0.3) is 11.8 Å². The van der Waals surface area contributed by atoms with Gasteiger partial charge in [-0.2, -0.15) is 0 Å². The fourth-order valence-electron chi connectivity index (χ4n) is 2.17. The minimum Gasteiger partial charge on any atom is -0.454 e. The third-order valence-electron chi connectivity index (χ3n) is 3.40. The first-order chi connectivity index (χ1) is 11.2. The SMILES string of the molecule is O=C(NO)c1ccc(C(=O)NCc2ccc3c(c2)OCO3)cc1. The van der Waals surface area contributed by atoms with Crippen LogP contribution in [0.1, 0.15) is 26.3 Å². The van der Waals surface area contributed by atoms with Crippen molar-refractivity contribution in [2.24, 2.45) is 0 Å². The fourth-order valence-corrected chi connectivity index (χ4v) is 2.17. The Morgan fingerprint density at radius 2 is 1.61 bits per heavy atom. The molecule has 0 saturated carbocycles. The maximum absolute atomic E-state index is 12.1. The van der Waals surface area contributed by atoms with Crippen LogP contribution in [0.5, 0.6) is 11.5 Å². The van der Waals surface area contributed by atoms with E-state index < -0.39 is 5.91 Å². The maximum atomic E-state index is 12.1. The summed E-state index contributed by atoms with van der Waals surface area (Å²) in [4.78, 5) is 23.3. The molecule has 7 nitrogen and oxygen atoms in total. The summed E-state index contributed by atoms with van der Waals surface area (Å²) in [5.41, 5.74) is 3.10. The molecule has 118 valence electrons. The molecule has 2 aromatic carbocycles. The van der Waals surface area contributed by atoms with Crippen molar-refractivity contribution in [3.63, 3.8) is 0 Å². The van der Waals surface area contributed by atoms with Gasteiger partial charge in [0.15, 0.2) is 11.5 Å². The highest BCUT2D eigenvalue weighted by Gasteiger charge is 2.14. The highest BCUT2D eigenvalue weighted by molar-refractivity contribution is 5.97. The van der Waals surface area contributed by atoms with Crippen molar-refractivity contribution in [1.82, 2.24) is 10.8 Å². The Hall–Kier alpha value is -3.06. The van der Waals surface area contributed by atoms with Crippen LogP contribution < -0.4 is 20.3 Å². The van der Waals surface area contributed by atoms with E-state index in [9.17, 15) is 9.59 Å². The molecule has 2 aromatic rings. The Bertz CT molecular complexity index is 743. The van der Waals surface area contributed by atoms with E-state index in [0.29, 0.717) is 23.6 Å². The van der Waals surface area contributed by atoms with Crippen molar-refractivity contribution < 1.29 is 24.3 Å². The van der Waals surface area contributed by atoms with E-state index >= 15 is 0 Å². The first-order valence-electron chi connectivity index (χ1n) is 6.88. The molecule has 0 unspecified atom stereocenters. The number of nitrogens with one attached hydrogen (secondary N) is 2.